The Morgan fingerprint density at radius 2 is 0.942 bits per heavy atom. The summed E-state index contributed by atoms with van der Waals surface area (Å²) in [4.78, 5) is 151. The molecule has 5 aliphatic heterocycles. The van der Waals surface area contributed by atoms with Crippen LogP contribution in [-0.4, -0.2) is 236 Å². The normalized spacial score (nSPS) is 31.9. The maximum atomic E-state index is 14.3. The lowest BCUT2D eigenvalue weighted by Gasteiger charge is -2.27. The second-order valence-electron chi connectivity index (χ2n) is 23.5. The third-order valence-corrected chi connectivity index (χ3v) is 20.6. The molecule has 7 aromatic heterocycles. The molecule has 5 saturated heterocycles. The molecule has 12 rings (SSSR count). The topological polar surface area (TPSA) is 720 Å². The number of hydrogen-bond donors (Lipinski definition) is 16. The Morgan fingerprint density at radius 3 is 1.44 bits per heavy atom. The Kier molecular flexibility index (Phi) is 21.3. The molecule has 562 valence electrons. The zero-order valence-corrected chi connectivity index (χ0v) is 56.1. The van der Waals surface area contributed by atoms with Crippen molar-refractivity contribution in [1.82, 2.24) is 67.7 Å². The van der Waals surface area contributed by atoms with Crippen molar-refractivity contribution in [2.24, 2.45) is 0 Å². The average molecular weight is 1540 g/mol. The van der Waals surface area contributed by atoms with E-state index < -0.39 is 232 Å². The van der Waals surface area contributed by atoms with Crippen molar-refractivity contribution >= 4 is 71.2 Å². The van der Waals surface area contributed by atoms with Crippen LogP contribution < -0.4 is 50.9 Å². The standard InChI is InChI=1S/C49H63N17O33P4/c1-16-6-63(48(77)60-39(16)73)25-5-18(68)20(91-25)9-87-100(79,80)98-34-22(94-43(30(34)71)64-7-17(2)40(74)61-49(64)78)11-89-103(85,86)99-35-23(95-45(31(35)72)66-15-56-27-38(66)58-46(52)59-41(27)75)12-90-102(83,84)97-33-21(93-42(29(33)70)62-4-3-24(50)57-47(62)76)10-88-101(81,82)96-32-19(8-67)92-44(28(32)69)65-14-55-26-36(51)53-13-54-37(26)65/h3-4,6-7,13-15,18-23,25,28-35,42-45,67-72H,5,8-12H2,1-2H3,(H,79,80)(H,81,82)(H,83,84)(H,85,86)(H2,50,57,76)(H2,51,53,54)(H,60,73,77)(H,61,74,78)(H3,52,58,59,75)/t18-,19-,20-,21-,22-,23-,25-,28?,29?,30?,31?,32+,33+,34+,35+,42-,43-,44-,45-/m1/s1. The number of hydrogen-bond acceptors (Lipinski definition) is 38. The van der Waals surface area contributed by atoms with E-state index in [-0.39, 0.29) is 40.3 Å². The lowest BCUT2D eigenvalue weighted by atomic mass is 10.1. The first kappa shape index (κ1) is 75.2. The molecule has 0 saturated carbocycles. The van der Waals surface area contributed by atoms with Gasteiger partial charge in [-0.05, 0) is 19.9 Å². The fourth-order valence-corrected chi connectivity index (χ4v) is 15.5. The van der Waals surface area contributed by atoms with Crippen LogP contribution in [0.5, 0.6) is 0 Å². The Balaban J connectivity index is 0.767. The number of fused-ring (bicyclic) bond motifs is 2. The van der Waals surface area contributed by atoms with Crippen LogP contribution in [0, 0.1) is 13.8 Å². The Bertz CT molecular complexity index is 4940. The summed E-state index contributed by atoms with van der Waals surface area (Å²) in [6, 6.07) is 1.07. The summed E-state index contributed by atoms with van der Waals surface area (Å²) in [5.41, 5.74) is 10.7. The molecule has 19 N–H and O–H groups in total. The first-order chi connectivity index (χ1) is 48.5. The summed E-state index contributed by atoms with van der Waals surface area (Å²) in [5.74, 6) is -0.883. The van der Waals surface area contributed by atoms with Crippen LogP contribution in [0.3, 0.4) is 0 Å². The molecule has 5 fully saturated rings. The van der Waals surface area contributed by atoms with Crippen molar-refractivity contribution < 1.29 is 128 Å². The zero-order valence-electron chi connectivity index (χ0n) is 52.6. The highest BCUT2D eigenvalue weighted by atomic mass is 31.2. The molecule has 50 nitrogen and oxygen atoms in total. The van der Waals surface area contributed by atoms with E-state index in [0.717, 1.165) is 52.8 Å². The van der Waals surface area contributed by atoms with E-state index in [4.69, 9.17) is 77.1 Å². The lowest BCUT2D eigenvalue weighted by Crippen LogP contribution is -2.39. The first-order valence-electron chi connectivity index (χ1n) is 30.1. The van der Waals surface area contributed by atoms with E-state index in [0.29, 0.717) is 9.13 Å². The zero-order chi connectivity index (χ0) is 74.3. The molecule has 8 unspecified atom stereocenters. The number of H-pyrrole nitrogens is 3. The van der Waals surface area contributed by atoms with Gasteiger partial charge in [-0.25, -0.2) is 52.6 Å². The third-order valence-electron chi connectivity index (χ3n) is 16.6. The van der Waals surface area contributed by atoms with Crippen LogP contribution in [0.25, 0.3) is 22.3 Å². The number of phosphoric acid groups is 4. The van der Waals surface area contributed by atoms with Crippen LogP contribution in [0.1, 0.15) is 48.7 Å². The minimum Gasteiger partial charge on any atom is -0.394 e. The second kappa shape index (κ2) is 29.1. The molecule has 0 bridgehead atoms. The van der Waals surface area contributed by atoms with Crippen molar-refractivity contribution in [3.05, 3.63) is 117 Å². The highest BCUT2D eigenvalue weighted by molar-refractivity contribution is 7.48. The number of aryl methyl sites for hydroxylation is 2. The van der Waals surface area contributed by atoms with Gasteiger partial charge in [-0.15, -0.1) is 0 Å². The smallest absolute Gasteiger partial charge is 0.394 e. The van der Waals surface area contributed by atoms with E-state index >= 15 is 0 Å². The molecule has 54 heteroatoms. The molecule has 103 heavy (non-hydrogen) atoms. The van der Waals surface area contributed by atoms with Gasteiger partial charge in [0.05, 0.1) is 51.8 Å². The van der Waals surface area contributed by atoms with Gasteiger partial charge in [0.15, 0.2) is 47.5 Å². The van der Waals surface area contributed by atoms with Crippen LogP contribution >= 0.6 is 31.3 Å². The highest BCUT2D eigenvalue weighted by Crippen LogP contribution is 2.55. The fourth-order valence-electron chi connectivity index (χ4n) is 11.7. The number of nitrogens with two attached hydrogens (primary N) is 3. The van der Waals surface area contributed by atoms with E-state index in [1.165, 1.54) is 18.4 Å². The number of aromatic nitrogens is 14. The summed E-state index contributed by atoms with van der Waals surface area (Å²) >= 11 is 0. The number of ether oxygens (including phenoxy) is 5. The number of anilines is 3. The Labute approximate surface area is 570 Å². The Morgan fingerprint density at radius 1 is 0.515 bits per heavy atom. The minimum absolute atomic E-state index is 0.0332. The summed E-state index contributed by atoms with van der Waals surface area (Å²) < 4.78 is 131. The van der Waals surface area contributed by atoms with Crippen LogP contribution in [-0.2, 0) is 78.1 Å². The molecular weight excluding hydrogens is 1480 g/mol. The summed E-state index contributed by atoms with van der Waals surface area (Å²) in [7, 11) is -22.9. The van der Waals surface area contributed by atoms with E-state index in [1.807, 2.05) is 4.98 Å². The number of imidazole rings is 2. The largest absolute Gasteiger partial charge is 0.472 e. The molecule has 0 radical (unpaired) electrons. The molecule has 23 atom stereocenters. The van der Waals surface area contributed by atoms with Crippen molar-refractivity contribution in [3.63, 3.8) is 0 Å². The molecule has 5 aliphatic rings. The molecule has 0 spiro atoms. The molecule has 0 aliphatic carbocycles. The van der Waals surface area contributed by atoms with Gasteiger partial charge in [0.2, 0.25) is 5.95 Å². The fraction of sp³-hybridized carbons (Fsp3) is 0.551. The highest BCUT2D eigenvalue weighted by Gasteiger charge is 2.56. The molecule has 12 heterocycles. The van der Waals surface area contributed by atoms with E-state index in [9.17, 15) is 97.2 Å². The maximum Gasteiger partial charge on any atom is 0.472 e. The maximum absolute atomic E-state index is 14.3. The van der Waals surface area contributed by atoms with Crippen LogP contribution in [0.2, 0.25) is 0 Å². The molecule has 7 aromatic rings. The lowest BCUT2D eigenvalue weighted by molar-refractivity contribution is -0.0654. The van der Waals surface area contributed by atoms with Crippen LogP contribution in [0.15, 0.2) is 72.4 Å². The monoisotopic (exact) mass is 1540 g/mol. The van der Waals surface area contributed by atoms with Gasteiger partial charge in [0.25, 0.3) is 16.7 Å². The Hall–Kier alpha value is -7.46. The van der Waals surface area contributed by atoms with Crippen molar-refractivity contribution in [2.45, 2.75) is 137 Å². The van der Waals surface area contributed by atoms with Gasteiger partial charge in [-0.1, -0.05) is 0 Å². The summed E-state index contributed by atoms with van der Waals surface area (Å²) in [6.07, 6.45) is -31.1. The van der Waals surface area contributed by atoms with E-state index in [1.54, 1.807) is 0 Å². The molecule has 0 aromatic carbocycles. The predicted octanol–water partition coefficient (Wildman–Crippen LogP) is -6.64. The number of phosphoric ester groups is 4. The van der Waals surface area contributed by atoms with Gasteiger partial charge >= 0.3 is 48.4 Å². The van der Waals surface area contributed by atoms with Crippen molar-refractivity contribution in [3.8, 4) is 0 Å². The second-order valence-corrected chi connectivity index (χ2v) is 29.2. The van der Waals surface area contributed by atoms with Crippen LogP contribution in [0.4, 0.5) is 17.6 Å². The molecule has 0 amide bonds. The van der Waals surface area contributed by atoms with E-state index in [2.05, 4.69) is 39.9 Å². The van der Waals surface area contributed by atoms with Crippen molar-refractivity contribution in [2.75, 3.05) is 50.2 Å². The van der Waals surface area contributed by atoms with Gasteiger partial charge in [-0.3, -0.25) is 88.4 Å². The number of nitrogens with zero attached hydrogens (tertiary/aromatic N) is 11. The van der Waals surface area contributed by atoms with Gasteiger partial charge in [-0.2, -0.15) is 9.97 Å². The van der Waals surface area contributed by atoms with Gasteiger partial charge < -0.3 is 91.1 Å². The number of nitrogen functional groups attached to an aromatic ring is 3. The molecular formula is C49H63N17O33P4. The number of aromatic amines is 3. The van der Waals surface area contributed by atoms with Crippen molar-refractivity contribution in [1.29, 1.82) is 0 Å². The number of rotatable bonds is 26. The predicted molar refractivity (Wildman–Crippen MR) is 331 cm³/mol. The van der Waals surface area contributed by atoms with Gasteiger partial charge in [0, 0.05) is 36.1 Å². The summed E-state index contributed by atoms with van der Waals surface area (Å²) in [6.45, 7) is -3.30. The number of aliphatic hydroxyl groups excluding tert-OH is 6. The minimum atomic E-state index is -5.90. The first-order valence-corrected chi connectivity index (χ1v) is 36.0. The number of aliphatic hydroxyl groups is 6. The van der Waals surface area contributed by atoms with Gasteiger partial charge in [0.1, 0.15) is 103 Å². The number of nitrogens with one attached hydrogen (secondary N) is 3. The third kappa shape index (κ3) is 15.6. The quantitative estimate of drug-likeness (QED) is 0.0224. The summed E-state index contributed by atoms with van der Waals surface area (Å²) in [5, 5.41) is 67.7. The average Bonchev–Trinajstić information content (AvgIpc) is 1.63. The SMILES string of the molecule is Cc1cn([C@@H]2O[C@H](COP(=O)(O)O[C@@H]3C(O)[C@H](n4cnc5c(=O)[nH]c(N)nc54)O[C@@H]3COP(=O)(O)O[C@@H]3C(O)[C@H](n4ccc(N)nc4=O)O[C@@H]3COP(=O)(O)O[C@@H]3C(O)[C@H](n4cnc5c(N)ncnc54)O[C@@H]3CO)[C@H](OP(=O)(O)OC[C@H]3O[C@@H](n4cc(C)c(=O)[nH]c4=O)C[C@H]3O)C2O)c(=O)[nH]c1=O.